The van der Waals surface area contributed by atoms with Crippen molar-refractivity contribution in [3.63, 3.8) is 0 Å². The Bertz CT molecular complexity index is 1670. The first-order valence-electron chi connectivity index (χ1n) is 15.5. The van der Waals surface area contributed by atoms with Crippen LogP contribution >= 0.6 is 0 Å². The normalized spacial score (nSPS) is 21.4. The second-order valence-corrected chi connectivity index (χ2v) is 13.4. The Morgan fingerprint density at radius 2 is 1.78 bits per heavy atom. The maximum Gasteiger partial charge on any atom is 0.395 e. The van der Waals surface area contributed by atoms with Crippen LogP contribution in [0.4, 0.5) is 22.0 Å². The van der Waals surface area contributed by atoms with Crippen LogP contribution in [0, 0.1) is 28.1 Å². The molecule has 3 fully saturated rings. The van der Waals surface area contributed by atoms with Gasteiger partial charge in [0, 0.05) is 31.5 Å². The van der Waals surface area contributed by atoms with E-state index >= 15 is 0 Å². The Labute approximate surface area is 261 Å². The summed E-state index contributed by atoms with van der Waals surface area (Å²) in [6, 6.07) is 3.68. The lowest BCUT2D eigenvalue weighted by Gasteiger charge is -2.33. The zero-order chi connectivity index (χ0) is 33.1. The molecule has 3 aromatic heterocycles. The lowest BCUT2D eigenvalue weighted by atomic mass is 9.81. The molecular formula is C31H35F5N8O2. The highest BCUT2D eigenvalue weighted by atomic mass is 19.4. The Balaban J connectivity index is 1.29. The molecular weight excluding hydrogens is 611 g/mol. The predicted molar refractivity (Wildman–Crippen MR) is 153 cm³/mol. The average Bonchev–Trinajstić information content (AvgIpc) is 3.86. The summed E-state index contributed by atoms with van der Waals surface area (Å²) < 4.78 is 71.8. The Kier molecular flexibility index (Phi) is 7.84. The minimum Gasteiger partial charge on any atom is -0.348 e. The van der Waals surface area contributed by atoms with Crippen molar-refractivity contribution in [3.05, 3.63) is 47.7 Å². The number of alkyl halides is 5. The molecule has 0 saturated heterocycles. The van der Waals surface area contributed by atoms with Crippen molar-refractivity contribution in [3.8, 4) is 6.07 Å². The van der Waals surface area contributed by atoms with Gasteiger partial charge in [0.15, 0.2) is 5.65 Å². The fourth-order valence-corrected chi connectivity index (χ4v) is 6.54. The van der Waals surface area contributed by atoms with E-state index in [1.54, 1.807) is 23.0 Å². The maximum absolute atomic E-state index is 14.1. The minimum absolute atomic E-state index is 0.0970. The summed E-state index contributed by atoms with van der Waals surface area (Å²) in [7, 11) is 0. The second-order valence-electron chi connectivity index (χ2n) is 13.4. The van der Waals surface area contributed by atoms with Crippen LogP contribution in [-0.4, -0.2) is 48.3 Å². The number of rotatable bonds is 10. The van der Waals surface area contributed by atoms with Crippen molar-refractivity contribution in [2.45, 2.75) is 102 Å². The van der Waals surface area contributed by atoms with Crippen LogP contribution in [-0.2, 0) is 4.79 Å². The first kappa shape index (κ1) is 31.9. The predicted octanol–water partition coefficient (Wildman–Crippen LogP) is 6.00. The number of halogens is 5. The second kappa shape index (κ2) is 11.3. The quantitative estimate of drug-likeness (QED) is 0.260. The van der Waals surface area contributed by atoms with Gasteiger partial charge in [0.25, 0.3) is 5.91 Å². The number of aromatic nitrogens is 5. The number of hydrogen-bond donors (Lipinski definition) is 2. The number of nitriles is 1. The van der Waals surface area contributed by atoms with Crippen molar-refractivity contribution in [1.82, 2.24) is 35.0 Å². The molecule has 46 heavy (non-hydrogen) atoms. The molecule has 0 aliphatic heterocycles. The Hall–Kier alpha value is -4.09. The van der Waals surface area contributed by atoms with Gasteiger partial charge in [-0.1, -0.05) is 0 Å². The monoisotopic (exact) mass is 646 g/mol. The summed E-state index contributed by atoms with van der Waals surface area (Å²) in [6.45, 7) is 3.76. The van der Waals surface area contributed by atoms with E-state index < -0.39 is 53.2 Å². The molecule has 2 atom stereocenters. The van der Waals surface area contributed by atoms with Crippen LogP contribution < -0.4 is 10.6 Å². The van der Waals surface area contributed by atoms with Crippen LogP contribution in [0.5, 0.6) is 0 Å². The van der Waals surface area contributed by atoms with Gasteiger partial charge in [-0.05, 0) is 76.0 Å². The van der Waals surface area contributed by atoms with Crippen LogP contribution in [0.15, 0.2) is 30.7 Å². The SMILES string of the molecule is CC(C)n1nccc1C(=O)N[C@H](c1cn2ncc([C@@H](NC(=O)CC3(C(F)(F)F)CC3)C3(C#N)CC3)cc2n1)C1CCC(F)(F)CC1. The average molecular weight is 647 g/mol. The number of hydrogen-bond acceptors (Lipinski definition) is 6. The van der Waals surface area contributed by atoms with Crippen molar-refractivity contribution < 1.29 is 31.5 Å². The summed E-state index contributed by atoms with van der Waals surface area (Å²) in [5.41, 5.74) is -1.58. The number of imidazole rings is 1. The van der Waals surface area contributed by atoms with E-state index in [0.717, 1.165) is 0 Å². The van der Waals surface area contributed by atoms with E-state index in [4.69, 9.17) is 4.98 Å². The summed E-state index contributed by atoms with van der Waals surface area (Å²) in [6.07, 6.45) is -0.298. The third-order valence-corrected chi connectivity index (χ3v) is 9.75. The molecule has 0 aromatic carbocycles. The molecule has 3 saturated carbocycles. The van der Waals surface area contributed by atoms with E-state index in [1.807, 2.05) is 13.8 Å². The molecule has 0 bridgehead atoms. The van der Waals surface area contributed by atoms with Gasteiger partial charge in [-0.3, -0.25) is 14.3 Å². The molecule has 0 unspecified atom stereocenters. The highest BCUT2D eigenvalue weighted by Gasteiger charge is 2.64. The van der Waals surface area contributed by atoms with Crippen LogP contribution in [0.2, 0.25) is 0 Å². The molecule has 15 heteroatoms. The molecule has 0 spiro atoms. The Morgan fingerprint density at radius 3 is 2.37 bits per heavy atom. The molecule has 3 aliphatic carbocycles. The largest absolute Gasteiger partial charge is 0.395 e. The number of nitrogens with zero attached hydrogens (tertiary/aromatic N) is 6. The number of carbonyl (C=O) groups excluding carboxylic acids is 2. The first-order chi connectivity index (χ1) is 21.7. The van der Waals surface area contributed by atoms with Gasteiger partial charge >= 0.3 is 6.18 Å². The molecule has 246 valence electrons. The standard InChI is InChI=1S/C31H35F5N8O2/c1-18(2)44-22(5-12-38-44)27(46)42-25(19-3-6-30(32,33)7-4-19)21-16-43-23(40-21)13-20(15-39-43)26(28(17-37)8-9-28)41-24(45)14-29(10-11-29)31(34,35)36/h5,12-13,15-16,18-19,25-26H,3-4,6-11,14H2,1-2H3,(H,41,45)(H,42,46)/t25-,26+/m0/s1. The molecule has 2 amide bonds. The third-order valence-electron chi connectivity index (χ3n) is 9.75. The van der Waals surface area contributed by atoms with Gasteiger partial charge in [0.1, 0.15) is 5.69 Å². The number of carbonyl (C=O) groups is 2. The van der Waals surface area contributed by atoms with E-state index in [0.29, 0.717) is 35.4 Å². The Morgan fingerprint density at radius 1 is 1.09 bits per heavy atom. The molecule has 0 radical (unpaired) electrons. The summed E-state index contributed by atoms with van der Waals surface area (Å²) in [5, 5.41) is 24.3. The van der Waals surface area contributed by atoms with Crippen LogP contribution in [0.25, 0.3) is 5.65 Å². The summed E-state index contributed by atoms with van der Waals surface area (Å²) in [4.78, 5) is 31.1. The maximum atomic E-state index is 14.1. The topological polar surface area (TPSA) is 130 Å². The fourth-order valence-electron chi connectivity index (χ4n) is 6.54. The van der Waals surface area contributed by atoms with E-state index in [9.17, 15) is 36.8 Å². The van der Waals surface area contributed by atoms with Gasteiger partial charge in [-0.15, -0.1) is 0 Å². The van der Waals surface area contributed by atoms with E-state index in [-0.39, 0.29) is 50.5 Å². The number of fused-ring (bicyclic) bond motifs is 1. The minimum atomic E-state index is -4.49. The summed E-state index contributed by atoms with van der Waals surface area (Å²) in [5.74, 6) is -4.34. The van der Waals surface area contributed by atoms with E-state index in [1.165, 1.54) is 16.9 Å². The van der Waals surface area contributed by atoms with Crippen LogP contribution in [0.3, 0.4) is 0 Å². The molecule has 10 nitrogen and oxygen atoms in total. The number of amides is 2. The van der Waals surface area contributed by atoms with Gasteiger partial charge in [0.2, 0.25) is 11.8 Å². The van der Waals surface area contributed by atoms with Gasteiger partial charge in [0.05, 0.1) is 47.1 Å². The lowest BCUT2D eigenvalue weighted by molar-refractivity contribution is -0.190. The number of nitrogens with one attached hydrogen (secondary N) is 2. The molecule has 6 rings (SSSR count). The molecule has 2 N–H and O–H groups in total. The fraction of sp³-hybridized carbons (Fsp3) is 0.613. The van der Waals surface area contributed by atoms with Gasteiger partial charge in [-0.25, -0.2) is 18.3 Å². The smallest absolute Gasteiger partial charge is 0.348 e. The zero-order valence-electron chi connectivity index (χ0n) is 25.4. The summed E-state index contributed by atoms with van der Waals surface area (Å²) >= 11 is 0. The molecule has 3 aromatic rings. The first-order valence-corrected chi connectivity index (χ1v) is 15.5. The zero-order valence-corrected chi connectivity index (χ0v) is 25.4. The van der Waals surface area contributed by atoms with Crippen molar-refractivity contribution in [2.75, 3.05) is 0 Å². The van der Waals surface area contributed by atoms with E-state index in [2.05, 4.69) is 26.9 Å². The lowest BCUT2D eigenvalue weighted by Crippen LogP contribution is -2.38. The van der Waals surface area contributed by atoms with Crippen LogP contribution in [0.1, 0.15) is 112 Å². The van der Waals surface area contributed by atoms with Gasteiger partial charge < -0.3 is 10.6 Å². The van der Waals surface area contributed by atoms with Crippen molar-refractivity contribution in [2.24, 2.45) is 16.7 Å². The highest BCUT2D eigenvalue weighted by Crippen LogP contribution is 2.60. The van der Waals surface area contributed by atoms with Crippen molar-refractivity contribution in [1.29, 1.82) is 5.26 Å². The molecule has 3 aliphatic rings. The molecule has 3 heterocycles. The van der Waals surface area contributed by atoms with Gasteiger partial charge in [-0.2, -0.15) is 28.6 Å². The third kappa shape index (κ3) is 6.05. The highest BCUT2D eigenvalue weighted by molar-refractivity contribution is 5.92. The van der Waals surface area contributed by atoms with Crippen molar-refractivity contribution >= 4 is 17.5 Å².